The van der Waals surface area contributed by atoms with E-state index in [0.29, 0.717) is 16.7 Å². The summed E-state index contributed by atoms with van der Waals surface area (Å²) < 4.78 is 17.4. The molecule has 218 valence electrons. The largest absolute Gasteiger partial charge is 0.497 e. The fourth-order valence-corrected chi connectivity index (χ4v) is 3.57. The number of ether oxygens (including phenoxy) is 2. The van der Waals surface area contributed by atoms with Gasteiger partial charge < -0.3 is 13.9 Å². The van der Waals surface area contributed by atoms with Crippen LogP contribution < -0.4 is 9.30 Å². The van der Waals surface area contributed by atoms with Crippen molar-refractivity contribution in [3.05, 3.63) is 95.5 Å². The van der Waals surface area contributed by atoms with Crippen LogP contribution in [0, 0.1) is 0 Å². The molecule has 4 rings (SSSR count). The molecule has 0 atom stereocenters. The van der Waals surface area contributed by atoms with Crippen molar-refractivity contribution in [3.8, 4) is 5.75 Å². The summed E-state index contributed by atoms with van der Waals surface area (Å²) in [5.41, 5.74) is 2.68. The van der Waals surface area contributed by atoms with E-state index in [4.69, 9.17) is 9.15 Å². The quantitative estimate of drug-likeness (QED) is 0.131. The first-order chi connectivity index (χ1) is 19.5. The lowest BCUT2D eigenvalue weighted by Crippen LogP contribution is -2.27. The average Bonchev–Trinajstić information content (AvgIpc) is 3.41. The molecule has 0 aliphatic heterocycles. The number of aromatic nitrogens is 1. The third-order valence-corrected chi connectivity index (χ3v) is 5.37. The van der Waals surface area contributed by atoms with Gasteiger partial charge in [0.05, 0.1) is 19.8 Å². The second-order valence-electron chi connectivity index (χ2n) is 7.81. The highest BCUT2D eigenvalue weighted by Crippen LogP contribution is 2.29. The maximum absolute atomic E-state index is 13.0. The minimum Gasteiger partial charge on any atom is -0.497 e. The fraction of sp³-hybridized carbons (Fsp3) is 0.382. The first kappa shape index (κ1) is 36.1. The molecule has 2 aromatic heterocycles. The number of unbranched alkanes of at least 4 members (excludes halogenated alkanes) is 1. The van der Waals surface area contributed by atoms with E-state index in [0.717, 1.165) is 41.7 Å². The third-order valence-electron chi connectivity index (χ3n) is 5.37. The van der Waals surface area contributed by atoms with Gasteiger partial charge in [0.25, 0.3) is 0 Å². The summed E-state index contributed by atoms with van der Waals surface area (Å²) >= 11 is 0. The Labute approximate surface area is 240 Å². The Bertz CT molecular complexity index is 1260. The van der Waals surface area contributed by atoms with Gasteiger partial charge in [0.15, 0.2) is 18.2 Å². The molecule has 2 heterocycles. The Morgan fingerprint density at radius 3 is 2.00 bits per heavy atom. The number of carbonyl (C=O) groups excluding carboxylic acids is 2. The first-order valence-electron chi connectivity index (χ1n) is 14.2. The molecule has 0 spiro atoms. The molecular weight excluding hydrogens is 502 g/mol. The van der Waals surface area contributed by atoms with Gasteiger partial charge in [0.2, 0.25) is 0 Å². The maximum atomic E-state index is 13.0. The molecule has 6 nitrogen and oxygen atoms in total. The summed E-state index contributed by atoms with van der Waals surface area (Å²) in [6.45, 7) is 14.1. The molecular formula is C34H48NO5+. The van der Waals surface area contributed by atoms with Gasteiger partial charge in [-0.2, -0.15) is 0 Å². The third kappa shape index (κ3) is 10.7. The normalized spacial score (nSPS) is 9.25. The zero-order valence-corrected chi connectivity index (χ0v) is 26.0. The number of methoxy groups -OCH3 is 2. The van der Waals surface area contributed by atoms with E-state index in [1.807, 2.05) is 79.1 Å². The SMILES string of the molecule is CC.CC.CC.CCCCc1oc2ccccc2c1C(=O)c1ccc(OC)cc1.COC(=O)c1ccc[n+](C)c1. The van der Waals surface area contributed by atoms with Crippen molar-refractivity contribution in [2.24, 2.45) is 7.05 Å². The molecule has 0 N–H and O–H groups in total. The second-order valence-corrected chi connectivity index (χ2v) is 7.81. The van der Waals surface area contributed by atoms with Crippen LogP contribution in [0.15, 0.2) is 77.5 Å². The summed E-state index contributed by atoms with van der Waals surface area (Å²) in [7, 11) is 4.84. The van der Waals surface area contributed by atoms with E-state index in [-0.39, 0.29) is 11.8 Å². The van der Waals surface area contributed by atoms with E-state index in [1.165, 1.54) is 7.11 Å². The number of esters is 1. The highest BCUT2D eigenvalue weighted by Gasteiger charge is 2.21. The van der Waals surface area contributed by atoms with Gasteiger partial charge in [-0.25, -0.2) is 9.36 Å². The first-order valence-corrected chi connectivity index (χ1v) is 14.2. The molecule has 0 aliphatic carbocycles. The number of ketones is 1. The molecule has 4 aromatic rings. The molecule has 0 saturated heterocycles. The number of para-hydroxylation sites is 1. The highest BCUT2D eigenvalue weighted by molar-refractivity contribution is 6.16. The Hall–Kier alpha value is -3.93. The summed E-state index contributed by atoms with van der Waals surface area (Å²) in [6.07, 6.45) is 6.41. The van der Waals surface area contributed by atoms with Crippen LogP contribution in [0.4, 0.5) is 0 Å². The molecule has 2 aromatic carbocycles. The molecule has 0 aliphatic rings. The predicted molar refractivity (Wildman–Crippen MR) is 164 cm³/mol. The van der Waals surface area contributed by atoms with Crippen molar-refractivity contribution >= 4 is 22.7 Å². The zero-order valence-electron chi connectivity index (χ0n) is 26.0. The Kier molecular flexibility index (Phi) is 18.9. The standard InChI is InChI=1S/C20H20O3.C8H10NO2.3C2H6/c1-3-4-8-18-19(16-7-5-6-9-17(16)23-18)20(21)14-10-12-15(22-2)13-11-14;1-9-5-3-4-7(6-9)8(10)11-2;3*1-2/h5-7,9-13H,3-4,8H2,1-2H3;3-6H,1-2H3;3*1-2H3/q;+1;;;. The van der Waals surface area contributed by atoms with Gasteiger partial charge in [-0.1, -0.05) is 73.1 Å². The Morgan fingerprint density at radius 2 is 1.45 bits per heavy atom. The van der Waals surface area contributed by atoms with Crippen LogP contribution in [-0.2, 0) is 18.2 Å². The van der Waals surface area contributed by atoms with Crippen LogP contribution >= 0.6 is 0 Å². The number of nitrogens with zero attached hydrogens (tertiary/aromatic N) is 1. The van der Waals surface area contributed by atoms with Gasteiger partial charge in [-0.15, -0.1) is 0 Å². The van der Waals surface area contributed by atoms with E-state index < -0.39 is 0 Å². The van der Waals surface area contributed by atoms with Crippen molar-refractivity contribution in [2.75, 3.05) is 14.2 Å². The predicted octanol–water partition coefficient (Wildman–Crippen LogP) is 8.39. The molecule has 0 fully saturated rings. The van der Waals surface area contributed by atoms with E-state index in [1.54, 1.807) is 54.3 Å². The second kappa shape index (κ2) is 21.0. The lowest BCUT2D eigenvalue weighted by molar-refractivity contribution is -0.671. The van der Waals surface area contributed by atoms with Gasteiger partial charge in [-0.3, -0.25) is 4.79 Å². The van der Waals surface area contributed by atoms with Gasteiger partial charge in [-0.05, 0) is 42.8 Å². The zero-order chi connectivity index (χ0) is 30.5. The fourth-order valence-electron chi connectivity index (χ4n) is 3.57. The lowest BCUT2D eigenvalue weighted by Gasteiger charge is -2.04. The van der Waals surface area contributed by atoms with Crippen LogP contribution in [0.2, 0.25) is 0 Å². The monoisotopic (exact) mass is 550 g/mol. The van der Waals surface area contributed by atoms with Crippen molar-refractivity contribution in [1.29, 1.82) is 0 Å². The minimum absolute atomic E-state index is 0.00343. The lowest BCUT2D eigenvalue weighted by atomic mass is 9.98. The van der Waals surface area contributed by atoms with Gasteiger partial charge in [0.1, 0.15) is 29.7 Å². The molecule has 0 saturated carbocycles. The van der Waals surface area contributed by atoms with Crippen molar-refractivity contribution in [3.63, 3.8) is 0 Å². The summed E-state index contributed by atoms with van der Waals surface area (Å²) in [4.78, 5) is 23.9. The number of carbonyl (C=O) groups is 2. The summed E-state index contributed by atoms with van der Waals surface area (Å²) in [5.74, 6) is 1.23. The van der Waals surface area contributed by atoms with Crippen LogP contribution in [0.5, 0.6) is 5.75 Å². The summed E-state index contributed by atoms with van der Waals surface area (Å²) in [6, 6.07) is 18.4. The Balaban J connectivity index is 0.000000752. The average molecular weight is 551 g/mol. The topological polar surface area (TPSA) is 69.6 Å². The number of aryl methyl sites for hydroxylation is 2. The van der Waals surface area contributed by atoms with Gasteiger partial charge >= 0.3 is 5.97 Å². The highest BCUT2D eigenvalue weighted by atomic mass is 16.5. The maximum Gasteiger partial charge on any atom is 0.343 e. The van der Waals surface area contributed by atoms with E-state index in [9.17, 15) is 9.59 Å². The van der Waals surface area contributed by atoms with Crippen molar-refractivity contribution in [1.82, 2.24) is 0 Å². The smallest absolute Gasteiger partial charge is 0.343 e. The molecule has 40 heavy (non-hydrogen) atoms. The number of rotatable bonds is 7. The van der Waals surface area contributed by atoms with Crippen LogP contribution in [0.25, 0.3) is 11.0 Å². The van der Waals surface area contributed by atoms with Crippen molar-refractivity contribution in [2.45, 2.75) is 67.7 Å². The van der Waals surface area contributed by atoms with E-state index in [2.05, 4.69) is 11.7 Å². The molecule has 0 amide bonds. The number of furan rings is 1. The van der Waals surface area contributed by atoms with Gasteiger partial charge in [0, 0.05) is 23.4 Å². The van der Waals surface area contributed by atoms with Crippen molar-refractivity contribution < 1.29 is 28.0 Å². The summed E-state index contributed by atoms with van der Waals surface area (Å²) in [5, 5.41) is 0.888. The van der Waals surface area contributed by atoms with Crippen LogP contribution in [0.3, 0.4) is 0 Å². The molecule has 6 heteroatoms. The van der Waals surface area contributed by atoms with Crippen LogP contribution in [-0.4, -0.2) is 26.0 Å². The number of benzene rings is 2. The Morgan fingerprint density at radius 1 is 0.825 bits per heavy atom. The number of pyridine rings is 1. The number of fused-ring (bicyclic) bond motifs is 1. The molecule has 0 unspecified atom stereocenters. The molecule has 0 radical (unpaired) electrons. The number of hydrogen-bond acceptors (Lipinski definition) is 5. The minimum atomic E-state index is -0.304. The van der Waals surface area contributed by atoms with E-state index >= 15 is 0 Å². The van der Waals surface area contributed by atoms with Crippen LogP contribution in [0.1, 0.15) is 93.3 Å². The number of hydrogen-bond donors (Lipinski definition) is 0. The molecule has 0 bridgehead atoms.